The van der Waals surface area contributed by atoms with E-state index in [1.165, 1.54) is 18.5 Å². The topological polar surface area (TPSA) is 150 Å². The molecule has 0 aliphatic carbocycles. The number of amides is 3. The molecule has 0 saturated heterocycles. The van der Waals surface area contributed by atoms with E-state index in [1.807, 2.05) is 62.3 Å². The molecule has 0 aliphatic rings. The summed E-state index contributed by atoms with van der Waals surface area (Å²) in [5.41, 5.74) is 1.50. The number of nitrogens with zero attached hydrogens (tertiary/aromatic N) is 7. The van der Waals surface area contributed by atoms with Gasteiger partial charge in [-0.3, -0.25) is 29.3 Å². The second kappa shape index (κ2) is 33.0. The van der Waals surface area contributed by atoms with Gasteiger partial charge in [0.2, 0.25) is 0 Å². The van der Waals surface area contributed by atoms with Crippen LogP contribution in [0, 0.1) is 0 Å². The van der Waals surface area contributed by atoms with Crippen molar-refractivity contribution < 1.29 is 24.3 Å². The number of aromatic nitrogens is 4. The van der Waals surface area contributed by atoms with Gasteiger partial charge >= 0.3 is 5.97 Å². The van der Waals surface area contributed by atoms with Gasteiger partial charge in [-0.15, -0.1) is 26.3 Å². The van der Waals surface area contributed by atoms with Crippen LogP contribution in [0.15, 0.2) is 121 Å². The third-order valence-electron chi connectivity index (χ3n) is 7.74. The fourth-order valence-electron chi connectivity index (χ4n) is 3.53. The summed E-state index contributed by atoms with van der Waals surface area (Å²) in [6.07, 6.45) is 11.0. The molecule has 0 unspecified atom stereocenters. The third-order valence-corrected chi connectivity index (χ3v) is 9.06. The van der Waals surface area contributed by atoms with Crippen molar-refractivity contribution in [2.45, 2.75) is 113 Å². The standard InChI is InChI=1S/2C11H15BrN2O.C11H16N2O.C6H5NO2.C3H9ClSi.2C2H4.2CH4/c1-11(2,3)14(4)10(15)8-7-13-6-5-9(8)12;1-11(2,3)14(4)10(15)8-6-5-7-13-9(8)12;1-11(2,3)13(4)10(14)9-6-5-7-12-8-9;8-6(9)5-2-1-3-7-4-5;1-5(2,3)4;2*1-2;;/h2*5-7H,1-4H3;5-8H,1-4H3;1-4H,(H,8,9);1-3H3;2*1-2H2;2*1H4. The van der Waals surface area contributed by atoms with Crippen molar-refractivity contribution in [3.63, 3.8) is 0 Å². The minimum absolute atomic E-state index is 0. The number of hydrogen-bond donors (Lipinski definition) is 1. The molecule has 12 nitrogen and oxygen atoms in total. The number of hydrogen-bond acceptors (Lipinski definition) is 8. The Hall–Kier alpha value is -4.57. The predicted molar refractivity (Wildman–Crippen MR) is 280 cm³/mol. The van der Waals surface area contributed by atoms with Crippen LogP contribution in [0.2, 0.25) is 19.6 Å². The first-order valence-electron chi connectivity index (χ1n) is 19.2. The first-order chi connectivity index (χ1) is 28.4. The molecular weight excluding hydrogens is 978 g/mol. The Morgan fingerprint density at radius 1 is 0.578 bits per heavy atom. The van der Waals surface area contributed by atoms with E-state index in [9.17, 15) is 19.2 Å². The first kappa shape index (κ1) is 68.5. The number of carbonyl (C=O) groups excluding carboxylic acids is 3. The number of carbonyl (C=O) groups is 4. The van der Waals surface area contributed by atoms with Crippen LogP contribution >= 0.6 is 42.9 Å². The number of halogens is 3. The Labute approximate surface area is 408 Å². The lowest BCUT2D eigenvalue weighted by atomic mass is 10.1. The van der Waals surface area contributed by atoms with Crippen molar-refractivity contribution in [3.05, 3.63) is 143 Å². The Balaban J connectivity index is -0.000000227. The van der Waals surface area contributed by atoms with Gasteiger partial charge in [0.1, 0.15) is 12.0 Å². The zero-order valence-corrected chi connectivity index (χ0v) is 44.2. The molecule has 0 fully saturated rings. The van der Waals surface area contributed by atoms with Gasteiger partial charge in [0.25, 0.3) is 17.7 Å². The summed E-state index contributed by atoms with van der Waals surface area (Å²) < 4.78 is 1.37. The van der Waals surface area contributed by atoms with E-state index in [4.69, 9.17) is 16.2 Å². The van der Waals surface area contributed by atoms with E-state index >= 15 is 0 Å². The SMILES string of the molecule is C.C.C=C.C=C.CN(C(=O)c1cccnc1)C(C)(C)C.CN(C(=O)c1cccnc1Br)C(C)(C)C.CN(C(=O)c1cnccc1Br)C(C)(C)C.C[Si](C)(C)Cl.O=C(O)c1cccnc1. The van der Waals surface area contributed by atoms with Crippen molar-refractivity contribution in [1.82, 2.24) is 34.6 Å². The molecule has 1 N–H and O–H groups in total. The van der Waals surface area contributed by atoms with E-state index in [0.717, 1.165) is 4.47 Å². The van der Waals surface area contributed by atoms with Crippen LogP contribution in [0.5, 0.6) is 0 Å². The quantitative estimate of drug-likeness (QED) is 0.0912. The molecule has 0 aliphatic heterocycles. The molecule has 358 valence electrons. The molecule has 4 aromatic rings. The second-order valence-corrected chi connectivity index (χ2v) is 25.8. The smallest absolute Gasteiger partial charge is 0.337 e. The third kappa shape index (κ3) is 29.0. The number of carboxylic acids is 1. The fraction of sp³-hybridized carbons (Fsp3) is 0.417. The average Bonchev–Trinajstić information content (AvgIpc) is 3.21. The number of aromatic carboxylic acids is 1. The fourth-order valence-corrected chi connectivity index (χ4v) is 4.34. The Morgan fingerprint density at radius 3 is 1.23 bits per heavy atom. The van der Waals surface area contributed by atoms with Crippen LogP contribution in [0.25, 0.3) is 0 Å². The van der Waals surface area contributed by atoms with Crippen LogP contribution in [-0.4, -0.2) is 109 Å². The van der Waals surface area contributed by atoms with Gasteiger partial charge in [0.05, 0.1) is 22.3 Å². The summed E-state index contributed by atoms with van der Waals surface area (Å²) in [5.74, 6) is -0.987. The molecule has 0 atom stereocenters. The van der Waals surface area contributed by atoms with E-state index < -0.39 is 13.4 Å². The van der Waals surface area contributed by atoms with Gasteiger partial charge in [-0.25, -0.2) is 9.78 Å². The summed E-state index contributed by atoms with van der Waals surface area (Å²) in [4.78, 5) is 66.8. The van der Waals surface area contributed by atoms with E-state index in [-0.39, 0.29) is 54.8 Å². The molecular formula is C48H76Br2ClN7O5Si. The summed E-state index contributed by atoms with van der Waals surface area (Å²) >= 11 is 12.3. The lowest BCUT2D eigenvalue weighted by molar-refractivity contribution is 0.0645. The highest BCUT2D eigenvalue weighted by atomic mass is 79.9. The van der Waals surface area contributed by atoms with Crippen molar-refractivity contribution in [2.24, 2.45) is 0 Å². The zero-order chi connectivity index (χ0) is 49.2. The summed E-state index contributed by atoms with van der Waals surface area (Å²) in [6.45, 7) is 36.3. The maximum Gasteiger partial charge on any atom is 0.337 e. The highest BCUT2D eigenvalue weighted by Gasteiger charge is 2.26. The predicted octanol–water partition coefficient (Wildman–Crippen LogP) is 13.1. The molecule has 0 spiro atoms. The normalized spacial score (nSPS) is 10.0. The minimum atomic E-state index is -1.14. The van der Waals surface area contributed by atoms with E-state index in [2.05, 4.69) is 97.8 Å². The molecule has 0 radical (unpaired) electrons. The highest BCUT2D eigenvalue weighted by molar-refractivity contribution is 9.10. The first-order valence-corrected chi connectivity index (χ1v) is 25.3. The average molecular weight is 1050 g/mol. The molecule has 4 rings (SSSR count). The maximum absolute atomic E-state index is 12.1. The summed E-state index contributed by atoms with van der Waals surface area (Å²) in [6, 6.07) is 11.9. The molecule has 0 aromatic carbocycles. The lowest BCUT2D eigenvalue weighted by Crippen LogP contribution is -2.42. The second-order valence-electron chi connectivity index (χ2n) is 16.7. The minimum Gasteiger partial charge on any atom is -0.478 e. The van der Waals surface area contributed by atoms with Crippen molar-refractivity contribution in [1.29, 1.82) is 0 Å². The van der Waals surface area contributed by atoms with Gasteiger partial charge in [0, 0.05) is 85.6 Å². The number of carboxylic acid groups (broad SMARTS) is 1. The molecule has 3 amide bonds. The van der Waals surface area contributed by atoms with Crippen LogP contribution in [0.1, 0.15) is 119 Å². The van der Waals surface area contributed by atoms with Crippen LogP contribution < -0.4 is 0 Å². The van der Waals surface area contributed by atoms with Gasteiger partial charge in [0.15, 0.2) is 0 Å². The van der Waals surface area contributed by atoms with Gasteiger partial charge < -0.3 is 19.8 Å². The lowest BCUT2D eigenvalue weighted by Gasteiger charge is -2.32. The maximum atomic E-state index is 12.1. The summed E-state index contributed by atoms with van der Waals surface area (Å²) in [5, 5.41) is 8.34. The van der Waals surface area contributed by atoms with Gasteiger partial charge in [-0.2, -0.15) is 11.1 Å². The van der Waals surface area contributed by atoms with E-state index in [1.54, 1.807) is 103 Å². The van der Waals surface area contributed by atoms with Crippen LogP contribution in [-0.2, 0) is 0 Å². The number of rotatable bonds is 4. The summed E-state index contributed by atoms with van der Waals surface area (Å²) in [7, 11) is 4.25. The van der Waals surface area contributed by atoms with Crippen LogP contribution in [0.3, 0.4) is 0 Å². The Kier molecular flexibility index (Phi) is 35.3. The monoisotopic (exact) mass is 1050 g/mol. The van der Waals surface area contributed by atoms with Gasteiger partial charge in [-0.1, -0.05) is 34.5 Å². The molecule has 16 heteroatoms. The van der Waals surface area contributed by atoms with Crippen molar-refractivity contribution in [3.8, 4) is 0 Å². The highest BCUT2D eigenvalue weighted by Crippen LogP contribution is 2.21. The van der Waals surface area contributed by atoms with E-state index in [0.29, 0.717) is 21.3 Å². The molecule has 0 saturated carbocycles. The van der Waals surface area contributed by atoms with Crippen LogP contribution in [0.4, 0.5) is 0 Å². The number of pyridine rings is 4. The molecule has 4 heterocycles. The van der Waals surface area contributed by atoms with Crippen molar-refractivity contribution in [2.75, 3.05) is 21.1 Å². The Morgan fingerprint density at radius 2 is 0.922 bits per heavy atom. The largest absolute Gasteiger partial charge is 0.478 e. The van der Waals surface area contributed by atoms with Gasteiger partial charge in [-0.05, 0) is 137 Å². The molecule has 64 heavy (non-hydrogen) atoms. The molecule has 0 bridgehead atoms. The van der Waals surface area contributed by atoms with Crippen molar-refractivity contribution >= 4 is 74.0 Å². The molecule has 4 aromatic heterocycles. The Bertz CT molecular complexity index is 1850. The zero-order valence-electron chi connectivity index (χ0n) is 39.3.